The summed E-state index contributed by atoms with van der Waals surface area (Å²) in [5.41, 5.74) is 6.24. The van der Waals surface area contributed by atoms with E-state index < -0.39 is 0 Å². The third-order valence-electron chi connectivity index (χ3n) is 5.48. The number of carbonyl (C=O) groups is 1. The minimum Gasteiger partial charge on any atom is -0.353 e. The van der Waals surface area contributed by atoms with Crippen LogP contribution >= 0.6 is 0 Å². The molecule has 0 saturated heterocycles. The summed E-state index contributed by atoms with van der Waals surface area (Å²) in [7, 11) is 0. The van der Waals surface area contributed by atoms with Gasteiger partial charge < -0.3 is 11.1 Å². The zero-order valence-corrected chi connectivity index (χ0v) is 11.2. The SMILES string of the molecule is NC1C2CCC(C2)C1C(=O)NC1CCCCCC1. The third kappa shape index (κ3) is 2.29. The van der Waals surface area contributed by atoms with Crippen molar-refractivity contribution in [1.29, 1.82) is 0 Å². The van der Waals surface area contributed by atoms with Gasteiger partial charge in [-0.3, -0.25) is 4.79 Å². The van der Waals surface area contributed by atoms with Gasteiger partial charge in [0.25, 0.3) is 0 Å². The minimum absolute atomic E-state index is 0.118. The van der Waals surface area contributed by atoms with Crippen LogP contribution in [-0.4, -0.2) is 18.0 Å². The molecule has 3 aliphatic rings. The fraction of sp³-hybridized carbons (Fsp3) is 0.933. The van der Waals surface area contributed by atoms with E-state index in [-0.39, 0.29) is 17.9 Å². The van der Waals surface area contributed by atoms with Gasteiger partial charge in [-0.1, -0.05) is 25.7 Å². The van der Waals surface area contributed by atoms with Gasteiger partial charge in [0, 0.05) is 12.1 Å². The molecule has 0 aromatic carbocycles. The summed E-state index contributed by atoms with van der Waals surface area (Å²) >= 11 is 0. The largest absolute Gasteiger partial charge is 0.353 e. The van der Waals surface area contributed by atoms with Crippen molar-refractivity contribution in [2.24, 2.45) is 23.5 Å². The Bertz CT molecular complexity index is 308. The monoisotopic (exact) mass is 250 g/mol. The lowest BCUT2D eigenvalue weighted by molar-refractivity contribution is -0.127. The van der Waals surface area contributed by atoms with Crippen molar-refractivity contribution in [2.75, 3.05) is 0 Å². The fourth-order valence-electron chi connectivity index (χ4n) is 4.45. The first-order valence-corrected chi connectivity index (χ1v) is 7.81. The summed E-state index contributed by atoms with van der Waals surface area (Å²) in [5.74, 6) is 1.59. The zero-order chi connectivity index (χ0) is 12.5. The van der Waals surface area contributed by atoms with Crippen LogP contribution in [0.4, 0.5) is 0 Å². The molecule has 0 spiro atoms. The standard InChI is InChI=1S/C15H26N2O/c16-14-11-8-7-10(9-11)13(14)15(18)17-12-5-3-1-2-4-6-12/h10-14H,1-9,16H2,(H,17,18). The van der Waals surface area contributed by atoms with Crippen molar-refractivity contribution in [3.05, 3.63) is 0 Å². The minimum atomic E-state index is 0.118. The first kappa shape index (κ1) is 12.5. The Balaban J connectivity index is 1.57. The van der Waals surface area contributed by atoms with E-state index in [4.69, 9.17) is 5.73 Å². The van der Waals surface area contributed by atoms with E-state index in [0.29, 0.717) is 17.9 Å². The Morgan fingerprint density at radius 1 is 0.944 bits per heavy atom. The Labute approximate surface area is 110 Å². The van der Waals surface area contributed by atoms with Crippen molar-refractivity contribution < 1.29 is 4.79 Å². The molecule has 3 rings (SSSR count). The van der Waals surface area contributed by atoms with Gasteiger partial charge in [0.15, 0.2) is 0 Å². The molecular weight excluding hydrogens is 224 g/mol. The van der Waals surface area contributed by atoms with E-state index in [1.807, 2.05) is 0 Å². The summed E-state index contributed by atoms with van der Waals surface area (Å²) in [6, 6.07) is 0.556. The number of carbonyl (C=O) groups excluding carboxylic acids is 1. The van der Waals surface area contributed by atoms with Crippen LogP contribution in [0, 0.1) is 17.8 Å². The second kappa shape index (κ2) is 5.20. The van der Waals surface area contributed by atoms with Crippen molar-refractivity contribution in [2.45, 2.75) is 69.9 Å². The molecule has 2 bridgehead atoms. The number of rotatable bonds is 2. The molecule has 3 aliphatic carbocycles. The molecule has 3 N–H and O–H groups in total. The second-order valence-electron chi connectivity index (χ2n) is 6.63. The highest BCUT2D eigenvalue weighted by atomic mass is 16.2. The Morgan fingerprint density at radius 2 is 1.61 bits per heavy atom. The predicted octanol–water partition coefficient (Wildman–Crippen LogP) is 2.20. The van der Waals surface area contributed by atoms with Crippen LogP contribution in [0.1, 0.15) is 57.8 Å². The summed E-state index contributed by atoms with van der Waals surface area (Å²) in [4.78, 5) is 12.4. The van der Waals surface area contributed by atoms with Gasteiger partial charge in [0.05, 0.1) is 5.92 Å². The summed E-state index contributed by atoms with van der Waals surface area (Å²) in [6.07, 6.45) is 11.2. The van der Waals surface area contributed by atoms with E-state index in [1.54, 1.807) is 0 Å². The maximum absolute atomic E-state index is 12.4. The van der Waals surface area contributed by atoms with Crippen molar-refractivity contribution in [3.63, 3.8) is 0 Å². The third-order valence-corrected chi connectivity index (χ3v) is 5.48. The lowest BCUT2D eigenvalue weighted by Gasteiger charge is -2.29. The predicted molar refractivity (Wildman–Crippen MR) is 71.9 cm³/mol. The van der Waals surface area contributed by atoms with E-state index in [1.165, 1.54) is 57.8 Å². The van der Waals surface area contributed by atoms with Crippen LogP contribution in [0.3, 0.4) is 0 Å². The van der Waals surface area contributed by atoms with Crippen LogP contribution in [-0.2, 0) is 4.79 Å². The number of hydrogen-bond donors (Lipinski definition) is 2. The number of fused-ring (bicyclic) bond motifs is 2. The highest BCUT2D eigenvalue weighted by Crippen LogP contribution is 2.47. The average molecular weight is 250 g/mol. The van der Waals surface area contributed by atoms with Gasteiger partial charge in [0.2, 0.25) is 5.91 Å². The smallest absolute Gasteiger partial charge is 0.225 e. The van der Waals surface area contributed by atoms with Gasteiger partial charge in [-0.05, 0) is 43.9 Å². The first-order chi connectivity index (χ1) is 8.75. The number of hydrogen-bond acceptors (Lipinski definition) is 2. The fourth-order valence-corrected chi connectivity index (χ4v) is 4.45. The van der Waals surface area contributed by atoms with E-state index in [2.05, 4.69) is 5.32 Å². The van der Waals surface area contributed by atoms with Gasteiger partial charge in [0.1, 0.15) is 0 Å². The van der Waals surface area contributed by atoms with Gasteiger partial charge in [-0.15, -0.1) is 0 Å². The molecule has 3 nitrogen and oxygen atoms in total. The molecule has 3 heteroatoms. The van der Waals surface area contributed by atoms with Crippen LogP contribution in [0.2, 0.25) is 0 Å². The molecule has 102 valence electrons. The molecule has 1 amide bonds. The molecule has 0 heterocycles. The van der Waals surface area contributed by atoms with Gasteiger partial charge in [-0.25, -0.2) is 0 Å². The molecule has 0 radical (unpaired) electrons. The van der Waals surface area contributed by atoms with Crippen LogP contribution in [0.5, 0.6) is 0 Å². The molecule has 0 aromatic heterocycles. The maximum Gasteiger partial charge on any atom is 0.225 e. The first-order valence-electron chi connectivity index (χ1n) is 7.81. The van der Waals surface area contributed by atoms with Crippen molar-refractivity contribution in [3.8, 4) is 0 Å². The lowest BCUT2D eigenvalue weighted by atomic mass is 9.84. The molecule has 4 atom stereocenters. The molecular formula is C15H26N2O. The molecule has 3 saturated carbocycles. The topological polar surface area (TPSA) is 55.1 Å². The van der Waals surface area contributed by atoms with Crippen molar-refractivity contribution in [1.82, 2.24) is 5.32 Å². The summed E-state index contributed by atoms with van der Waals surface area (Å²) in [5, 5.41) is 3.30. The Morgan fingerprint density at radius 3 is 2.22 bits per heavy atom. The van der Waals surface area contributed by atoms with Crippen molar-refractivity contribution >= 4 is 5.91 Å². The highest BCUT2D eigenvalue weighted by Gasteiger charge is 2.49. The van der Waals surface area contributed by atoms with Crippen LogP contribution < -0.4 is 11.1 Å². The maximum atomic E-state index is 12.4. The Hall–Kier alpha value is -0.570. The molecule has 18 heavy (non-hydrogen) atoms. The highest BCUT2D eigenvalue weighted by molar-refractivity contribution is 5.80. The molecule has 3 fully saturated rings. The van der Waals surface area contributed by atoms with Crippen LogP contribution in [0.25, 0.3) is 0 Å². The molecule has 0 aliphatic heterocycles. The number of nitrogens with two attached hydrogens (primary N) is 1. The van der Waals surface area contributed by atoms with Gasteiger partial charge in [-0.2, -0.15) is 0 Å². The summed E-state index contributed by atoms with van der Waals surface area (Å²) in [6.45, 7) is 0. The summed E-state index contributed by atoms with van der Waals surface area (Å²) < 4.78 is 0. The second-order valence-corrected chi connectivity index (χ2v) is 6.63. The quantitative estimate of drug-likeness (QED) is 0.738. The van der Waals surface area contributed by atoms with E-state index >= 15 is 0 Å². The zero-order valence-electron chi connectivity index (χ0n) is 11.2. The number of amides is 1. The number of nitrogens with one attached hydrogen (secondary N) is 1. The molecule has 0 aromatic rings. The van der Waals surface area contributed by atoms with E-state index in [9.17, 15) is 4.79 Å². The lowest BCUT2D eigenvalue weighted by Crippen LogP contribution is -2.48. The van der Waals surface area contributed by atoms with Crippen LogP contribution in [0.15, 0.2) is 0 Å². The Kier molecular flexibility index (Phi) is 3.60. The van der Waals surface area contributed by atoms with E-state index in [0.717, 1.165) is 0 Å². The molecule has 4 unspecified atom stereocenters. The average Bonchev–Trinajstić information content (AvgIpc) is 2.83. The normalized spacial score (nSPS) is 40.7. The van der Waals surface area contributed by atoms with Gasteiger partial charge >= 0.3 is 0 Å².